The molecule has 0 unspecified atom stereocenters. The first-order chi connectivity index (χ1) is 11.6. The van der Waals surface area contributed by atoms with E-state index in [0.29, 0.717) is 19.8 Å². The maximum absolute atomic E-state index is 10.9. The molecule has 0 saturated heterocycles. The zero-order valence-corrected chi connectivity index (χ0v) is 14.1. The van der Waals surface area contributed by atoms with Crippen molar-refractivity contribution in [3.63, 3.8) is 0 Å². The molecule has 1 heterocycles. The van der Waals surface area contributed by atoms with Crippen LogP contribution < -0.4 is 4.74 Å². The van der Waals surface area contributed by atoms with E-state index in [1.807, 2.05) is 78.4 Å². The highest BCUT2D eigenvalue weighted by molar-refractivity contribution is 5.65. The number of rotatable bonds is 6. The monoisotopic (exact) mass is 325 g/mol. The molecular weight excluding hydrogens is 302 g/mol. The fourth-order valence-electron chi connectivity index (χ4n) is 2.19. The molecule has 1 aromatic carbocycles. The van der Waals surface area contributed by atoms with Crippen LogP contribution in [-0.4, -0.2) is 17.1 Å². The lowest BCUT2D eigenvalue weighted by molar-refractivity contribution is -0.141. The molecule has 0 amide bonds. The van der Waals surface area contributed by atoms with Gasteiger partial charge in [0.05, 0.1) is 6.54 Å². The van der Waals surface area contributed by atoms with E-state index in [1.165, 1.54) is 6.92 Å². The van der Waals surface area contributed by atoms with Gasteiger partial charge in [0.2, 0.25) is 0 Å². The second-order valence-electron chi connectivity index (χ2n) is 5.39. The summed E-state index contributed by atoms with van der Waals surface area (Å²) in [6.45, 7) is 4.88. The van der Waals surface area contributed by atoms with Gasteiger partial charge in [-0.1, -0.05) is 42.5 Å². The van der Waals surface area contributed by atoms with Crippen molar-refractivity contribution in [3.05, 3.63) is 78.1 Å². The van der Waals surface area contributed by atoms with Crippen LogP contribution in [0.3, 0.4) is 0 Å². The predicted molar refractivity (Wildman–Crippen MR) is 94.2 cm³/mol. The second-order valence-corrected chi connectivity index (χ2v) is 5.39. The van der Waals surface area contributed by atoms with E-state index >= 15 is 0 Å². The Labute approximate surface area is 143 Å². The fourth-order valence-corrected chi connectivity index (χ4v) is 2.19. The Morgan fingerprint density at radius 3 is 2.50 bits per heavy atom. The van der Waals surface area contributed by atoms with E-state index in [0.717, 1.165) is 17.0 Å². The maximum atomic E-state index is 10.9. The fraction of sp³-hybridized carbons (Fsp3) is 0.250. The molecule has 0 radical (unpaired) electrons. The number of esters is 1. The van der Waals surface area contributed by atoms with E-state index in [2.05, 4.69) is 0 Å². The SMILES string of the molecule is CC(=O)OCCn1cccccc(OCc2ccccc2)cc1C. The van der Waals surface area contributed by atoms with E-state index in [9.17, 15) is 4.79 Å². The highest BCUT2D eigenvalue weighted by Crippen LogP contribution is 2.12. The third kappa shape index (κ3) is 6.16. The zero-order chi connectivity index (χ0) is 17.2. The summed E-state index contributed by atoms with van der Waals surface area (Å²) in [6.07, 6.45) is 1.96. The molecule has 0 aliphatic carbocycles. The van der Waals surface area contributed by atoms with Crippen LogP contribution in [0.2, 0.25) is 0 Å². The summed E-state index contributed by atoms with van der Waals surface area (Å²) in [7, 11) is 0. The maximum Gasteiger partial charge on any atom is 0.302 e. The van der Waals surface area contributed by atoms with E-state index in [-0.39, 0.29) is 5.97 Å². The van der Waals surface area contributed by atoms with Crippen molar-refractivity contribution in [3.8, 4) is 5.75 Å². The van der Waals surface area contributed by atoms with Gasteiger partial charge in [0.15, 0.2) is 0 Å². The second kappa shape index (κ2) is 9.40. The molecule has 1 aromatic heterocycles. The summed E-state index contributed by atoms with van der Waals surface area (Å²) < 4.78 is 13.0. The molecule has 2 rings (SSSR count). The van der Waals surface area contributed by atoms with Gasteiger partial charge in [-0.05, 0) is 30.7 Å². The van der Waals surface area contributed by atoms with Gasteiger partial charge < -0.3 is 14.0 Å². The number of nitrogens with zero attached hydrogens (tertiary/aromatic N) is 1. The number of carbonyl (C=O) groups excluding carboxylic acids is 1. The predicted octanol–water partition coefficient (Wildman–Crippen LogP) is 4.06. The average molecular weight is 325 g/mol. The van der Waals surface area contributed by atoms with Gasteiger partial charge in [0.1, 0.15) is 19.0 Å². The van der Waals surface area contributed by atoms with E-state index in [1.54, 1.807) is 0 Å². The van der Waals surface area contributed by atoms with Crippen molar-refractivity contribution in [2.45, 2.75) is 27.0 Å². The van der Waals surface area contributed by atoms with Gasteiger partial charge in [-0.3, -0.25) is 4.79 Å². The van der Waals surface area contributed by atoms with Crippen LogP contribution >= 0.6 is 0 Å². The molecule has 0 aliphatic heterocycles. The quantitative estimate of drug-likeness (QED) is 0.752. The molecule has 0 bridgehead atoms. The van der Waals surface area contributed by atoms with Crippen molar-refractivity contribution >= 4 is 5.97 Å². The minimum atomic E-state index is -0.267. The van der Waals surface area contributed by atoms with Crippen molar-refractivity contribution in [1.82, 2.24) is 4.57 Å². The van der Waals surface area contributed by atoms with Crippen molar-refractivity contribution < 1.29 is 14.3 Å². The van der Waals surface area contributed by atoms with Crippen molar-refractivity contribution in [2.24, 2.45) is 0 Å². The summed E-state index contributed by atoms with van der Waals surface area (Å²) in [5.74, 6) is 0.519. The van der Waals surface area contributed by atoms with Gasteiger partial charge in [-0.15, -0.1) is 0 Å². The number of benzene rings is 1. The zero-order valence-electron chi connectivity index (χ0n) is 14.1. The third-order valence-corrected chi connectivity index (χ3v) is 3.44. The van der Waals surface area contributed by atoms with Crippen LogP contribution in [-0.2, 0) is 22.7 Å². The molecule has 24 heavy (non-hydrogen) atoms. The molecule has 126 valence electrons. The molecule has 2 aromatic rings. The summed E-state index contributed by atoms with van der Waals surface area (Å²) in [5, 5.41) is 0. The highest BCUT2D eigenvalue weighted by Gasteiger charge is 1.98. The molecule has 0 N–H and O–H groups in total. The van der Waals surface area contributed by atoms with Gasteiger partial charge in [-0.25, -0.2) is 0 Å². The summed E-state index contributed by atoms with van der Waals surface area (Å²) in [6, 6.07) is 19.8. The highest BCUT2D eigenvalue weighted by atomic mass is 16.5. The number of aryl methyl sites for hydroxylation is 1. The minimum Gasteiger partial charge on any atom is -0.489 e. The molecule has 0 atom stereocenters. The molecule has 0 fully saturated rings. The van der Waals surface area contributed by atoms with Crippen LogP contribution in [0.15, 0.2) is 66.9 Å². The van der Waals surface area contributed by atoms with Crippen LogP contribution in [0.4, 0.5) is 0 Å². The van der Waals surface area contributed by atoms with Crippen LogP contribution in [0.5, 0.6) is 5.75 Å². The Balaban J connectivity index is 2.15. The first-order valence-electron chi connectivity index (χ1n) is 7.95. The molecule has 0 saturated carbocycles. The summed E-state index contributed by atoms with van der Waals surface area (Å²) in [4.78, 5) is 10.9. The van der Waals surface area contributed by atoms with Gasteiger partial charge in [-0.2, -0.15) is 0 Å². The molecule has 4 heteroatoms. The van der Waals surface area contributed by atoms with Gasteiger partial charge in [0, 0.05) is 18.8 Å². The van der Waals surface area contributed by atoms with Gasteiger partial charge >= 0.3 is 5.97 Å². The minimum absolute atomic E-state index is 0.267. The number of aromatic nitrogens is 1. The van der Waals surface area contributed by atoms with Crippen LogP contribution in [0, 0.1) is 6.92 Å². The average Bonchev–Trinajstić information content (AvgIpc) is 2.65. The Kier molecular flexibility index (Phi) is 6.90. The van der Waals surface area contributed by atoms with Crippen LogP contribution in [0.1, 0.15) is 18.2 Å². The van der Waals surface area contributed by atoms with Crippen LogP contribution in [0.25, 0.3) is 0 Å². The first kappa shape index (κ1) is 17.6. The molecule has 4 nitrogen and oxygen atoms in total. The number of carbonyl (C=O) groups is 1. The first-order valence-corrected chi connectivity index (χ1v) is 7.95. The lowest BCUT2D eigenvalue weighted by atomic mass is 10.2. The molecule has 0 spiro atoms. The summed E-state index contributed by atoms with van der Waals surface area (Å²) >= 11 is 0. The van der Waals surface area contributed by atoms with E-state index in [4.69, 9.17) is 9.47 Å². The normalized spacial score (nSPS) is 9.92. The third-order valence-electron chi connectivity index (χ3n) is 3.44. The van der Waals surface area contributed by atoms with Crippen molar-refractivity contribution in [2.75, 3.05) is 6.61 Å². The summed E-state index contributed by atoms with van der Waals surface area (Å²) in [5.41, 5.74) is 2.14. The Morgan fingerprint density at radius 1 is 1.04 bits per heavy atom. The number of ether oxygens (including phenoxy) is 2. The topological polar surface area (TPSA) is 40.5 Å². The van der Waals surface area contributed by atoms with Gasteiger partial charge in [0.25, 0.3) is 0 Å². The number of hydrogen-bond donors (Lipinski definition) is 0. The molecular formula is C20H23NO3. The Morgan fingerprint density at radius 2 is 1.75 bits per heavy atom. The van der Waals surface area contributed by atoms with E-state index < -0.39 is 0 Å². The largest absolute Gasteiger partial charge is 0.489 e. The molecule has 0 aliphatic rings. The lowest BCUT2D eigenvalue weighted by Gasteiger charge is -2.10. The lowest BCUT2D eigenvalue weighted by Crippen LogP contribution is -2.10. The number of hydrogen-bond acceptors (Lipinski definition) is 3. The van der Waals surface area contributed by atoms with Crippen molar-refractivity contribution in [1.29, 1.82) is 0 Å². The Bertz CT molecular complexity index is 706. The smallest absolute Gasteiger partial charge is 0.302 e. The standard InChI is InChI=1S/C20H23NO3/c1-17-15-20(24-16-19-9-5-3-6-10-19)11-7-4-8-12-21(17)13-14-23-18(2)22/h3-12,15H,13-14,16H2,1-2H3. The Hall–Kier alpha value is -2.75.